The van der Waals surface area contributed by atoms with E-state index in [1.54, 1.807) is 12.1 Å². The van der Waals surface area contributed by atoms with Gasteiger partial charge in [-0.15, -0.1) is 0 Å². The van der Waals surface area contributed by atoms with Gasteiger partial charge in [0.05, 0.1) is 17.2 Å². The summed E-state index contributed by atoms with van der Waals surface area (Å²) in [5.74, 6) is -2.39. The number of hydrogen-bond donors (Lipinski definition) is 1. The lowest BCUT2D eigenvalue weighted by molar-refractivity contribution is -0.155. The molecule has 0 aromatic heterocycles. The number of imide groups is 1. The molecule has 3 amide bonds. The zero-order valence-corrected chi connectivity index (χ0v) is 15.5. The molecule has 28 heavy (non-hydrogen) atoms. The van der Waals surface area contributed by atoms with Gasteiger partial charge in [-0.1, -0.05) is 42.5 Å². The van der Waals surface area contributed by atoms with Gasteiger partial charge in [0, 0.05) is 0 Å². The summed E-state index contributed by atoms with van der Waals surface area (Å²) in [7, 11) is 0. The number of rotatable bonds is 6. The molecule has 2 atom stereocenters. The van der Waals surface area contributed by atoms with E-state index in [9.17, 15) is 19.2 Å². The quantitative estimate of drug-likeness (QED) is 0.612. The summed E-state index contributed by atoms with van der Waals surface area (Å²) >= 11 is 0. The van der Waals surface area contributed by atoms with Gasteiger partial charge in [-0.05, 0) is 31.5 Å². The minimum atomic E-state index is -1.06. The first-order valence-corrected chi connectivity index (χ1v) is 8.88. The molecular weight excluding hydrogens is 360 g/mol. The normalized spacial score (nSPS) is 15.0. The van der Waals surface area contributed by atoms with Crippen molar-refractivity contribution in [3.63, 3.8) is 0 Å². The van der Waals surface area contributed by atoms with Gasteiger partial charge in [0.2, 0.25) is 0 Å². The Balaban J connectivity index is 1.55. The van der Waals surface area contributed by atoms with E-state index in [4.69, 9.17) is 4.74 Å². The molecule has 0 saturated heterocycles. The number of nitrogens with zero attached hydrogens (tertiary/aromatic N) is 1. The standard InChI is InChI=1S/C21H20N2O5/c1-13(15-8-4-3-5-9-15)22-19(25)14(2)28-18(24)12-23-20(26)16-10-6-7-11-17(16)21(23)27/h3-11,13-14H,12H2,1-2H3,(H,22,25). The third kappa shape index (κ3) is 3.93. The Morgan fingerprint density at radius 1 is 0.929 bits per heavy atom. The second-order valence-electron chi connectivity index (χ2n) is 6.52. The van der Waals surface area contributed by atoms with E-state index in [1.807, 2.05) is 37.3 Å². The summed E-state index contributed by atoms with van der Waals surface area (Å²) in [5.41, 5.74) is 1.42. The Hall–Kier alpha value is -3.48. The zero-order valence-electron chi connectivity index (χ0n) is 15.5. The summed E-state index contributed by atoms with van der Waals surface area (Å²) < 4.78 is 5.11. The number of nitrogens with one attached hydrogen (secondary N) is 1. The molecule has 0 saturated carbocycles. The number of hydrogen-bond acceptors (Lipinski definition) is 5. The molecule has 0 spiro atoms. The summed E-state index contributed by atoms with van der Waals surface area (Å²) in [4.78, 5) is 49.8. The van der Waals surface area contributed by atoms with E-state index in [-0.39, 0.29) is 17.2 Å². The van der Waals surface area contributed by atoms with Crippen LogP contribution in [0.4, 0.5) is 0 Å². The molecule has 2 aromatic rings. The van der Waals surface area contributed by atoms with Crippen LogP contribution in [-0.4, -0.2) is 41.2 Å². The van der Waals surface area contributed by atoms with E-state index in [2.05, 4.69) is 5.32 Å². The monoisotopic (exact) mass is 380 g/mol. The van der Waals surface area contributed by atoms with E-state index < -0.39 is 36.3 Å². The molecule has 0 aliphatic carbocycles. The average Bonchev–Trinajstić information content (AvgIpc) is 2.93. The Morgan fingerprint density at radius 3 is 2.04 bits per heavy atom. The predicted molar refractivity (Wildman–Crippen MR) is 100 cm³/mol. The Bertz CT molecular complexity index is 890. The summed E-state index contributed by atoms with van der Waals surface area (Å²) in [6.45, 7) is 2.71. The smallest absolute Gasteiger partial charge is 0.326 e. The minimum absolute atomic E-state index is 0.253. The first-order valence-electron chi connectivity index (χ1n) is 8.88. The lowest BCUT2D eigenvalue weighted by atomic mass is 10.1. The van der Waals surface area contributed by atoms with E-state index in [0.29, 0.717) is 0 Å². The van der Waals surface area contributed by atoms with Crippen molar-refractivity contribution in [3.05, 3.63) is 71.3 Å². The summed E-state index contributed by atoms with van der Waals surface area (Å²) in [6.07, 6.45) is -1.06. The van der Waals surface area contributed by atoms with Crippen LogP contribution in [-0.2, 0) is 14.3 Å². The van der Waals surface area contributed by atoms with E-state index >= 15 is 0 Å². The SMILES string of the molecule is CC(OC(=O)CN1C(=O)c2ccccc2C1=O)C(=O)NC(C)c1ccccc1. The number of esters is 1. The molecule has 1 aliphatic heterocycles. The van der Waals surface area contributed by atoms with Crippen molar-refractivity contribution >= 4 is 23.7 Å². The van der Waals surface area contributed by atoms with Crippen molar-refractivity contribution in [1.82, 2.24) is 10.2 Å². The third-order valence-corrected chi connectivity index (χ3v) is 4.50. The van der Waals surface area contributed by atoms with Gasteiger partial charge in [-0.3, -0.25) is 24.1 Å². The Morgan fingerprint density at radius 2 is 1.46 bits per heavy atom. The molecule has 7 nitrogen and oxygen atoms in total. The maximum atomic E-state index is 12.3. The molecule has 0 bridgehead atoms. The van der Waals surface area contributed by atoms with Crippen molar-refractivity contribution in [2.24, 2.45) is 0 Å². The molecule has 0 fully saturated rings. The zero-order chi connectivity index (χ0) is 20.3. The van der Waals surface area contributed by atoms with Crippen molar-refractivity contribution < 1.29 is 23.9 Å². The largest absolute Gasteiger partial charge is 0.451 e. The topological polar surface area (TPSA) is 92.8 Å². The molecule has 0 radical (unpaired) electrons. The number of carbonyl (C=O) groups is 4. The first kappa shape index (κ1) is 19.3. The van der Waals surface area contributed by atoms with Gasteiger partial charge in [0.15, 0.2) is 6.10 Å². The minimum Gasteiger partial charge on any atom is -0.451 e. The fourth-order valence-electron chi connectivity index (χ4n) is 2.96. The number of benzene rings is 2. The molecule has 7 heteroatoms. The van der Waals surface area contributed by atoms with Gasteiger partial charge in [-0.2, -0.15) is 0 Å². The molecular formula is C21H20N2O5. The first-order chi connectivity index (χ1) is 13.4. The third-order valence-electron chi connectivity index (χ3n) is 4.50. The predicted octanol–water partition coefficient (Wildman–Crippen LogP) is 2.09. The van der Waals surface area contributed by atoms with Crippen LogP contribution >= 0.6 is 0 Å². The van der Waals surface area contributed by atoms with Crippen LogP contribution in [0.15, 0.2) is 54.6 Å². The van der Waals surface area contributed by atoms with Crippen molar-refractivity contribution in [3.8, 4) is 0 Å². The molecule has 3 rings (SSSR count). The van der Waals surface area contributed by atoms with Crippen molar-refractivity contribution in [2.45, 2.75) is 26.0 Å². The Kier molecular flexibility index (Phi) is 5.54. The van der Waals surface area contributed by atoms with Crippen LogP contribution in [0.3, 0.4) is 0 Å². The fraction of sp³-hybridized carbons (Fsp3) is 0.238. The number of ether oxygens (including phenoxy) is 1. The number of carbonyl (C=O) groups excluding carboxylic acids is 4. The van der Waals surface area contributed by atoms with Crippen LogP contribution < -0.4 is 5.32 Å². The highest BCUT2D eigenvalue weighted by molar-refractivity contribution is 6.22. The molecule has 2 unspecified atom stereocenters. The van der Waals surface area contributed by atoms with Crippen molar-refractivity contribution in [2.75, 3.05) is 6.54 Å². The maximum Gasteiger partial charge on any atom is 0.326 e. The van der Waals surface area contributed by atoms with E-state index in [0.717, 1.165) is 10.5 Å². The van der Waals surface area contributed by atoms with Gasteiger partial charge in [0.25, 0.3) is 17.7 Å². The molecule has 144 valence electrons. The van der Waals surface area contributed by atoms with Crippen LogP contribution in [0, 0.1) is 0 Å². The highest BCUT2D eigenvalue weighted by atomic mass is 16.5. The molecule has 1 heterocycles. The lowest BCUT2D eigenvalue weighted by Crippen LogP contribution is -2.41. The van der Waals surface area contributed by atoms with Gasteiger partial charge < -0.3 is 10.1 Å². The molecule has 1 aliphatic rings. The van der Waals surface area contributed by atoms with Crippen LogP contribution in [0.1, 0.15) is 46.2 Å². The fourth-order valence-corrected chi connectivity index (χ4v) is 2.96. The van der Waals surface area contributed by atoms with Gasteiger partial charge >= 0.3 is 5.97 Å². The van der Waals surface area contributed by atoms with Crippen LogP contribution in [0.25, 0.3) is 0 Å². The molecule has 2 aromatic carbocycles. The second-order valence-corrected chi connectivity index (χ2v) is 6.52. The average molecular weight is 380 g/mol. The highest BCUT2D eigenvalue weighted by Gasteiger charge is 2.37. The highest BCUT2D eigenvalue weighted by Crippen LogP contribution is 2.22. The number of amides is 3. The van der Waals surface area contributed by atoms with Gasteiger partial charge in [0.1, 0.15) is 6.54 Å². The van der Waals surface area contributed by atoms with E-state index in [1.165, 1.54) is 19.1 Å². The Labute approximate surface area is 162 Å². The molecule has 1 N–H and O–H groups in total. The maximum absolute atomic E-state index is 12.3. The van der Waals surface area contributed by atoms with Crippen molar-refractivity contribution in [1.29, 1.82) is 0 Å². The van der Waals surface area contributed by atoms with Crippen LogP contribution in [0.2, 0.25) is 0 Å². The summed E-state index contributed by atoms with van der Waals surface area (Å²) in [6, 6.07) is 15.5. The summed E-state index contributed by atoms with van der Waals surface area (Å²) in [5, 5.41) is 2.76. The number of fused-ring (bicyclic) bond motifs is 1. The second kappa shape index (κ2) is 8.04. The lowest BCUT2D eigenvalue weighted by Gasteiger charge is -2.19. The van der Waals surface area contributed by atoms with Crippen LogP contribution in [0.5, 0.6) is 0 Å². The van der Waals surface area contributed by atoms with Gasteiger partial charge in [-0.25, -0.2) is 0 Å².